The predicted molar refractivity (Wildman–Crippen MR) is 65.3 cm³/mol. The summed E-state index contributed by atoms with van der Waals surface area (Å²) in [6, 6.07) is -0.668. The second-order valence-corrected chi connectivity index (χ2v) is 4.27. The van der Waals surface area contributed by atoms with Crippen LogP contribution in [0.25, 0.3) is 0 Å². The second kappa shape index (κ2) is 6.13. The summed E-state index contributed by atoms with van der Waals surface area (Å²) in [5, 5.41) is 2.69. The van der Waals surface area contributed by atoms with E-state index in [0.29, 0.717) is 6.42 Å². The number of ether oxygens (including phenoxy) is 1. The highest BCUT2D eigenvalue weighted by Gasteiger charge is 2.22. The van der Waals surface area contributed by atoms with Crippen LogP contribution in [0.5, 0.6) is 0 Å². The maximum absolute atomic E-state index is 13.4. The monoisotopic (exact) mass is 256 g/mol. The molecular formula is C11H17FN4O2. The van der Waals surface area contributed by atoms with Crippen LogP contribution in [0, 0.1) is 11.7 Å². The first-order chi connectivity index (χ1) is 8.43. The molecule has 18 heavy (non-hydrogen) atoms. The topological polar surface area (TPSA) is 90.1 Å². The molecule has 0 fully saturated rings. The summed E-state index contributed by atoms with van der Waals surface area (Å²) in [5.41, 5.74) is 5.37. The van der Waals surface area contributed by atoms with Crippen molar-refractivity contribution >= 4 is 17.7 Å². The Balaban J connectivity index is 2.88. The molecule has 0 aromatic carbocycles. The number of carbonyl (C=O) groups excluding carboxylic acids is 1. The summed E-state index contributed by atoms with van der Waals surface area (Å²) in [6.07, 6.45) is 1.45. The highest BCUT2D eigenvalue weighted by Crippen LogP contribution is 2.15. The highest BCUT2D eigenvalue weighted by atomic mass is 19.1. The average molecular weight is 256 g/mol. The Labute approximate surface area is 105 Å². The van der Waals surface area contributed by atoms with Crippen molar-refractivity contribution in [3.8, 4) is 0 Å². The molecule has 100 valence electrons. The third-order valence-electron chi connectivity index (χ3n) is 2.27. The SMILES string of the molecule is COC(=O)C(CC(C)C)Nc1nc(N)ncc1F. The fraction of sp³-hybridized carbons (Fsp3) is 0.545. The van der Waals surface area contributed by atoms with E-state index in [1.807, 2.05) is 13.8 Å². The minimum absolute atomic E-state index is 0.0629. The number of aromatic nitrogens is 2. The third kappa shape index (κ3) is 3.83. The van der Waals surface area contributed by atoms with Crippen LogP contribution < -0.4 is 11.1 Å². The number of nitrogens with two attached hydrogens (primary N) is 1. The van der Waals surface area contributed by atoms with Crippen LogP contribution in [0.15, 0.2) is 6.20 Å². The molecule has 0 aliphatic carbocycles. The van der Waals surface area contributed by atoms with Crippen molar-refractivity contribution in [2.75, 3.05) is 18.2 Å². The van der Waals surface area contributed by atoms with Gasteiger partial charge in [0.25, 0.3) is 0 Å². The molecule has 0 saturated heterocycles. The first-order valence-electron chi connectivity index (χ1n) is 5.56. The lowest BCUT2D eigenvalue weighted by Gasteiger charge is -2.19. The maximum Gasteiger partial charge on any atom is 0.328 e. The maximum atomic E-state index is 13.4. The van der Waals surface area contributed by atoms with Crippen LogP contribution in [0.4, 0.5) is 16.2 Å². The smallest absolute Gasteiger partial charge is 0.328 e. The van der Waals surface area contributed by atoms with Gasteiger partial charge in [-0.25, -0.2) is 14.2 Å². The van der Waals surface area contributed by atoms with Gasteiger partial charge in [-0.05, 0) is 12.3 Å². The lowest BCUT2D eigenvalue weighted by atomic mass is 10.0. The Morgan fingerprint density at radius 1 is 1.61 bits per heavy atom. The molecule has 0 bridgehead atoms. The number of halogens is 1. The van der Waals surface area contributed by atoms with Crippen molar-refractivity contribution in [2.24, 2.45) is 5.92 Å². The van der Waals surface area contributed by atoms with Gasteiger partial charge in [-0.1, -0.05) is 13.8 Å². The third-order valence-corrected chi connectivity index (χ3v) is 2.27. The van der Waals surface area contributed by atoms with Gasteiger partial charge >= 0.3 is 5.97 Å². The molecule has 0 aliphatic rings. The quantitative estimate of drug-likeness (QED) is 0.769. The lowest BCUT2D eigenvalue weighted by molar-refractivity contribution is -0.141. The number of nitrogen functional groups attached to an aromatic ring is 1. The molecular weight excluding hydrogens is 239 g/mol. The lowest BCUT2D eigenvalue weighted by Crippen LogP contribution is -2.33. The van der Waals surface area contributed by atoms with Crippen LogP contribution in [0.3, 0.4) is 0 Å². The van der Waals surface area contributed by atoms with Gasteiger partial charge in [0.2, 0.25) is 5.95 Å². The molecule has 1 unspecified atom stereocenters. The molecule has 1 rings (SSSR count). The van der Waals surface area contributed by atoms with Crippen molar-refractivity contribution < 1.29 is 13.9 Å². The van der Waals surface area contributed by atoms with E-state index in [1.54, 1.807) is 0 Å². The van der Waals surface area contributed by atoms with E-state index >= 15 is 0 Å². The number of carbonyl (C=O) groups is 1. The molecule has 1 atom stereocenters. The zero-order chi connectivity index (χ0) is 13.7. The van der Waals surface area contributed by atoms with Gasteiger partial charge in [0.15, 0.2) is 11.6 Å². The summed E-state index contributed by atoms with van der Waals surface area (Å²) in [4.78, 5) is 18.8. The number of hydrogen-bond donors (Lipinski definition) is 2. The van der Waals surface area contributed by atoms with Crippen LogP contribution in [-0.4, -0.2) is 29.1 Å². The van der Waals surface area contributed by atoms with E-state index < -0.39 is 17.8 Å². The van der Waals surface area contributed by atoms with E-state index in [-0.39, 0.29) is 17.7 Å². The number of hydrogen-bond acceptors (Lipinski definition) is 6. The van der Waals surface area contributed by atoms with Crippen LogP contribution >= 0.6 is 0 Å². The van der Waals surface area contributed by atoms with Gasteiger partial charge in [-0.2, -0.15) is 4.98 Å². The number of rotatable bonds is 5. The molecule has 6 nitrogen and oxygen atoms in total. The van der Waals surface area contributed by atoms with E-state index in [4.69, 9.17) is 5.73 Å². The first kappa shape index (κ1) is 14.1. The fourth-order valence-electron chi connectivity index (χ4n) is 1.47. The molecule has 0 radical (unpaired) electrons. The number of esters is 1. The van der Waals surface area contributed by atoms with Gasteiger partial charge in [-0.15, -0.1) is 0 Å². The minimum atomic E-state index is -0.668. The largest absolute Gasteiger partial charge is 0.467 e. The Hall–Kier alpha value is -1.92. The van der Waals surface area contributed by atoms with Gasteiger partial charge in [0, 0.05) is 0 Å². The fourth-order valence-corrected chi connectivity index (χ4v) is 1.47. The molecule has 3 N–H and O–H groups in total. The zero-order valence-corrected chi connectivity index (χ0v) is 10.6. The molecule has 1 heterocycles. The average Bonchev–Trinajstić information content (AvgIpc) is 2.31. The number of anilines is 2. The van der Waals surface area contributed by atoms with Gasteiger partial charge < -0.3 is 15.8 Å². The normalized spacial score (nSPS) is 12.3. The first-order valence-corrected chi connectivity index (χ1v) is 5.56. The van der Waals surface area contributed by atoms with E-state index in [2.05, 4.69) is 20.0 Å². The molecule has 0 amide bonds. The molecule has 1 aromatic heterocycles. The number of methoxy groups -OCH3 is 1. The van der Waals surface area contributed by atoms with E-state index in [9.17, 15) is 9.18 Å². The molecule has 0 spiro atoms. The van der Waals surface area contributed by atoms with Crippen LogP contribution in [0.2, 0.25) is 0 Å². The Kier molecular flexibility index (Phi) is 4.82. The van der Waals surface area contributed by atoms with Crippen molar-refractivity contribution in [1.82, 2.24) is 9.97 Å². The van der Waals surface area contributed by atoms with Crippen molar-refractivity contribution in [3.05, 3.63) is 12.0 Å². The van der Waals surface area contributed by atoms with Gasteiger partial charge in [-0.3, -0.25) is 0 Å². The Morgan fingerprint density at radius 2 is 2.28 bits per heavy atom. The molecule has 7 heteroatoms. The summed E-state index contributed by atoms with van der Waals surface area (Å²) in [6.45, 7) is 3.89. The summed E-state index contributed by atoms with van der Waals surface area (Å²) < 4.78 is 18.1. The van der Waals surface area contributed by atoms with Gasteiger partial charge in [0.05, 0.1) is 13.3 Å². The van der Waals surface area contributed by atoms with Crippen LogP contribution in [0.1, 0.15) is 20.3 Å². The second-order valence-electron chi connectivity index (χ2n) is 4.27. The number of nitrogens with one attached hydrogen (secondary N) is 1. The van der Waals surface area contributed by atoms with E-state index in [1.165, 1.54) is 7.11 Å². The highest BCUT2D eigenvalue weighted by molar-refractivity contribution is 5.78. The molecule has 0 saturated carbocycles. The molecule has 0 aliphatic heterocycles. The summed E-state index contributed by atoms with van der Waals surface area (Å²) in [7, 11) is 1.28. The Morgan fingerprint density at radius 3 is 2.83 bits per heavy atom. The van der Waals surface area contributed by atoms with Crippen molar-refractivity contribution in [2.45, 2.75) is 26.3 Å². The summed E-state index contributed by atoms with van der Waals surface area (Å²) >= 11 is 0. The number of nitrogens with zero attached hydrogens (tertiary/aromatic N) is 2. The predicted octanol–water partition coefficient (Wildman–Crippen LogP) is 1.20. The zero-order valence-electron chi connectivity index (χ0n) is 10.6. The van der Waals surface area contributed by atoms with Crippen molar-refractivity contribution in [1.29, 1.82) is 0 Å². The standard InChI is InChI=1S/C11H17FN4O2/c1-6(2)4-8(10(17)18-3)15-9-7(12)5-14-11(13)16-9/h5-6,8H,4H2,1-3H3,(H3,13,14,15,16). The Bertz CT molecular complexity index is 426. The minimum Gasteiger partial charge on any atom is -0.467 e. The molecule has 1 aromatic rings. The van der Waals surface area contributed by atoms with Crippen LogP contribution in [-0.2, 0) is 9.53 Å². The van der Waals surface area contributed by atoms with Crippen molar-refractivity contribution in [3.63, 3.8) is 0 Å². The van der Waals surface area contributed by atoms with E-state index in [0.717, 1.165) is 6.20 Å². The van der Waals surface area contributed by atoms with Gasteiger partial charge in [0.1, 0.15) is 6.04 Å². The summed E-state index contributed by atoms with van der Waals surface area (Å²) in [5.74, 6) is -1.06.